The van der Waals surface area contributed by atoms with Crippen molar-refractivity contribution in [2.75, 3.05) is 13.2 Å². The van der Waals surface area contributed by atoms with E-state index >= 15 is 0 Å². The van der Waals surface area contributed by atoms with E-state index in [4.69, 9.17) is 4.74 Å². The standard InChI is InChI=1S/C16H17N3O/c1-6-17-19(7-1)16-4-2-12(3-5-16)13-8-14-10-20-11-15(9-13)18-14/h1-8,14-15,18H,9-11H2. The van der Waals surface area contributed by atoms with Crippen molar-refractivity contribution in [1.29, 1.82) is 0 Å². The zero-order chi connectivity index (χ0) is 13.4. The minimum atomic E-state index is 0.364. The quantitative estimate of drug-likeness (QED) is 0.904. The number of fused-ring (bicyclic) bond motifs is 2. The molecule has 4 nitrogen and oxygen atoms in total. The molecule has 2 atom stereocenters. The van der Waals surface area contributed by atoms with Gasteiger partial charge >= 0.3 is 0 Å². The van der Waals surface area contributed by atoms with Gasteiger partial charge in [-0.05, 0) is 35.8 Å². The van der Waals surface area contributed by atoms with Gasteiger partial charge in [0.2, 0.25) is 0 Å². The predicted molar refractivity (Wildman–Crippen MR) is 77.7 cm³/mol. The monoisotopic (exact) mass is 267 g/mol. The number of benzene rings is 1. The van der Waals surface area contributed by atoms with E-state index in [1.165, 1.54) is 11.1 Å². The molecule has 1 fully saturated rings. The average Bonchev–Trinajstić information content (AvgIpc) is 3.01. The molecule has 2 unspecified atom stereocenters. The van der Waals surface area contributed by atoms with Crippen LogP contribution in [0.15, 0.2) is 48.8 Å². The lowest BCUT2D eigenvalue weighted by molar-refractivity contribution is 0.0561. The third-order valence-electron chi connectivity index (χ3n) is 3.94. The highest BCUT2D eigenvalue weighted by atomic mass is 16.5. The van der Waals surface area contributed by atoms with E-state index in [1.54, 1.807) is 6.20 Å². The lowest BCUT2D eigenvalue weighted by Gasteiger charge is -2.35. The molecule has 1 saturated heterocycles. The van der Waals surface area contributed by atoms with Crippen molar-refractivity contribution in [2.24, 2.45) is 0 Å². The van der Waals surface area contributed by atoms with Gasteiger partial charge in [0.05, 0.1) is 18.9 Å². The van der Waals surface area contributed by atoms with Gasteiger partial charge < -0.3 is 10.1 Å². The Balaban J connectivity index is 1.61. The van der Waals surface area contributed by atoms with E-state index in [0.29, 0.717) is 12.1 Å². The third kappa shape index (κ3) is 2.17. The van der Waals surface area contributed by atoms with Gasteiger partial charge in [-0.15, -0.1) is 0 Å². The summed E-state index contributed by atoms with van der Waals surface area (Å²) < 4.78 is 7.45. The number of rotatable bonds is 2. The summed E-state index contributed by atoms with van der Waals surface area (Å²) in [7, 11) is 0. The molecule has 2 bridgehead atoms. The fraction of sp³-hybridized carbons (Fsp3) is 0.312. The van der Waals surface area contributed by atoms with Crippen LogP contribution in [0, 0.1) is 0 Å². The molecule has 3 heterocycles. The second kappa shape index (κ2) is 4.89. The molecule has 4 heteroatoms. The highest BCUT2D eigenvalue weighted by Gasteiger charge is 2.26. The van der Waals surface area contributed by atoms with Crippen molar-refractivity contribution in [3.05, 3.63) is 54.4 Å². The Bertz CT molecular complexity index is 616. The van der Waals surface area contributed by atoms with Crippen molar-refractivity contribution in [1.82, 2.24) is 15.1 Å². The molecule has 1 aromatic heterocycles. The first-order valence-electron chi connectivity index (χ1n) is 7.03. The summed E-state index contributed by atoms with van der Waals surface area (Å²) in [5.74, 6) is 0. The largest absolute Gasteiger partial charge is 0.378 e. The van der Waals surface area contributed by atoms with Gasteiger partial charge in [0, 0.05) is 24.5 Å². The molecular formula is C16H17N3O. The Morgan fingerprint density at radius 3 is 2.85 bits per heavy atom. The summed E-state index contributed by atoms with van der Waals surface area (Å²) in [6.07, 6.45) is 7.10. The van der Waals surface area contributed by atoms with Crippen LogP contribution in [0.3, 0.4) is 0 Å². The summed E-state index contributed by atoms with van der Waals surface area (Å²) in [5, 5.41) is 7.82. The van der Waals surface area contributed by atoms with Crippen LogP contribution in [0.25, 0.3) is 11.3 Å². The van der Waals surface area contributed by atoms with Gasteiger partial charge in [-0.3, -0.25) is 0 Å². The van der Waals surface area contributed by atoms with Crippen LogP contribution in [-0.4, -0.2) is 35.1 Å². The lowest BCUT2D eigenvalue weighted by atomic mass is 9.92. The Labute approximate surface area is 118 Å². The maximum Gasteiger partial charge on any atom is 0.0656 e. The molecule has 0 radical (unpaired) electrons. The molecule has 2 aliphatic rings. The Kier molecular flexibility index (Phi) is 2.90. The highest BCUT2D eigenvalue weighted by Crippen LogP contribution is 2.27. The molecule has 1 N–H and O–H groups in total. The summed E-state index contributed by atoms with van der Waals surface area (Å²) in [5.41, 5.74) is 3.82. The lowest BCUT2D eigenvalue weighted by Crippen LogP contribution is -2.50. The first-order chi connectivity index (χ1) is 9.88. The minimum Gasteiger partial charge on any atom is -0.378 e. The number of hydrogen-bond acceptors (Lipinski definition) is 3. The van der Waals surface area contributed by atoms with Crippen molar-refractivity contribution >= 4 is 5.57 Å². The highest BCUT2D eigenvalue weighted by molar-refractivity contribution is 5.68. The first kappa shape index (κ1) is 11.9. The molecule has 0 amide bonds. The summed E-state index contributed by atoms with van der Waals surface area (Å²) in [6.45, 7) is 1.60. The molecule has 0 aliphatic carbocycles. The molecular weight excluding hydrogens is 250 g/mol. The number of morpholine rings is 1. The molecule has 102 valence electrons. The Hall–Kier alpha value is -1.91. The maximum atomic E-state index is 5.57. The number of nitrogens with zero attached hydrogens (tertiary/aromatic N) is 2. The maximum absolute atomic E-state index is 5.57. The van der Waals surface area contributed by atoms with Gasteiger partial charge in [0.1, 0.15) is 0 Å². The van der Waals surface area contributed by atoms with Crippen LogP contribution in [0.1, 0.15) is 12.0 Å². The van der Waals surface area contributed by atoms with Crippen LogP contribution in [0.5, 0.6) is 0 Å². The summed E-state index contributed by atoms with van der Waals surface area (Å²) in [6, 6.07) is 11.4. The van der Waals surface area contributed by atoms with Crippen molar-refractivity contribution in [3.63, 3.8) is 0 Å². The van der Waals surface area contributed by atoms with Gasteiger partial charge in [0.25, 0.3) is 0 Å². The second-order valence-electron chi connectivity index (χ2n) is 5.40. The first-order valence-corrected chi connectivity index (χ1v) is 7.03. The number of ether oxygens (including phenoxy) is 1. The average molecular weight is 267 g/mol. The Morgan fingerprint density at radius 1 is 1.20 bits per heavy atom. The zero-order valence-corrected chi connectivity index (χ0v) is 11.2. The number of nitrogens with one attached hydrogen (secondary N) is 1. The van der Waals surface area contributed by atoms with Crippen LogP contribution in [0.2, 0.25) is 0 Å². The van der Waals surface area contributed by atoms with Gasteiger partial charge in [-0.2, -0.15) is 5.10 Å². The van der Waals surface area contributed by atoms with E-state index < -0.39 is 0 Å². The SMILES string of the molecule is C1=C(c2ccc(-n3cccn3)cc2)CC2COCC1N2. The van der Waals surface area contributed by atoms with E-state index in [2.05, 4.69) is 40.8 Å². The van der Waals surface area contributed by atoms with Crippen LogP contribution >= 0.6 is 0 Å². The molecule has 4 rings (SSSR count). The van der Waals surface area contributed by atoms with E-state index in [1.807, 2.05) is 16.9 Å². The fourth-order valence-corrected chi connectivity index (χ4v) is 2.99. The second-order valence-corrected chi connectivity index (χ2v) is 5.40. The van der Waals surface area contributed by atoms with Crippen molar-refractivity contribution in [3.8, 4) is 5.69 Å². The molecule has 20 heavy (non-hydrogen) atoms. The number of hydrogen-bond donors (Lipinski definition) is 1. The van der Waals surface area contributed by atoms with E-state index in [-0.39, 0.29) is 0 Å². The topological polar surface area (TPSA) is 39.1 Å². The van der Waals surface area contributed by atoms with Gasteiger partial charge in [-0.1, -0.05) is 18.2 Å². The van der Waals surface area contributed by atoms with Crippen LogP contribution in [0.4, 0.5) is 0 Å². The summed E-state index contributed by atoms with van der Waals surface area (Å²) in [4.78, 5) is 0. The zero-order valence-electron chi connectivity index (χ0n) is 11.2. The summed E-state index contributed by atoms with van der Waals surface area (Å²) >= 11 is 0. The molecule has 1 aromatic carbocycles. The van der Waals surface area contributed by atoms with Gasteiger partial charge in [-0.25, -0.2) is 4.68 Å². The van der Waals surface area contributed by atoms with Gasteiger partial charge in [0.15, 0.2) is 0 Å². The normalized spacial score (nSPS) is 25.3. The molecule has 0 spiro atoms. The third-order valence-corrected chi connectivity index (χ3v) is 3.94. The predicted octanol–water partition coefficient (Wildman–Crippen LogP) is 2.02. The molecule has 2 aromatic rings. The minimum absolute atomic E-state index is 0.364. The van der Waals surface area contributed by atoms with E-state index in [9.17, 15) is 0 Å². The van der Waals surface area contributed by atoms with E-state index in [0.717, 1.165) is 25.3 Å². The van der Waals surface area contributed by atoms with Crippen molar-refractivity contribution in [2.45, 2.75) is 18.5 Å². The van der Waals surface area contributed by atoms with Crippen LogP contribution in [-0.2, 0) is 4.74 Å². The smallest absolute Gasteiger partial charge is 0.0656 e. The number of aromatic nitrogens is 2. The van der Waals surface area contributed by atoms with Crippen molar-refractivity contribution < 1.29 is 4.74 Å². The Morgan fingerprint density at radius 2 is 2.10 bits per heavy atom. The van der Waals surface area contributed by atoms with Crippen LogP contribution < -0.4 is 5.32 Å². The fourth-order valence-electron chi connectivity index (χ4n) is 2.99. The molecule has 0 saturated carbocycles. The molecule has 2 aliphatic heterocycles.